The highest BCUT2D eigenvalue weighted by atomic mass is 79.9. The first kappa shape index (κ1) is 12.8. The molecule has 4 nitrogen and oxygen atoms in total. The fourth-order valence-corrected chi connectivity index (χ4v) is 2.06. The van der Waals surface area contributed by atoms with Gasteiger partial charge in [0.15, 0.2) is 5.82 Å². The van der Waals surface area contributed by atoms with Crippen molar-refractivity contribution in [3.8, 4) is 0 Å². The molecule has 2 rings (SSSR count). The molecule has 94 valence electrons. The summed E-state index contributed by atoms with van der Waals surface area (Å²) in [5, 5.41) is 3.07. The van der Waals surface area contributed by atoms with Gasteiger partial charge in [0.05, 0.1) is 0 Å². The summed E-state index contributed by atoms with van der Waals surface area (Å²) in [5.41, 5.74) is 0.998. The van der Waals surface area contributed by atoms with Gasteiger partial charge < -0.3 is 9.88 Å². The molecule has 0 amide bonds. The standard InChI is InChI=1S/C13H14BrN3O/c1-2-17-8-7-15-12(13(17)18)16-9-10-5-3-4-6-11(10)14/h3-8H,2,9H2,1H3,(H,15,16). The third-order valence-corrected chi connectivity index (χ3v) is 3.43. The van der Waals surface area contributed by atoms with Crippen LogP contribution in [0, 0.1) is 0 Å². The average molecular weight is 308 g/mol. The highest BCUT2D eigenvalue weighted by molar-refractivity contribution is 9.10. The van der Waals surface area contributed by atoms with Crippen LogP contribution >= 0.6 is 15.9 Å². The van der Waals surface area contributed by atoms with E-state index in [-0.39, 0.29) is 5.56 Å². The Morgan fingerprint density at radius 3 is 2.89 bits per heavy atom. The molecule has 0 unspecified atom stereocenters. The molecule has 0 radical (unpaired) electrons. The van der Waals surface area contributed by atoms with Gasteiger partial charge in [0.2, 0.25) is 0 Å². The molecule has 1 heterocycles. The first-order valence-electron chi connectivity index (χ1n) is 5.75. The molecule has 18 heavy (non-hydrogen) atoms. The Morgan fingerprint density at radius 1 is 1.39 bits per heavy atom. The van der Waals surface area contributed by atoms with Crippen molar-refractivity contribution >= 4 is 21.7 Å². The van der Waals surface area contributed by atoms with E-state index in [0.29, 0.717) is 18.9 Å². The largest absolute Gasteiger partial charge is 0.361 e. The Kier molecular flexibility index (Phi) is 4.15. The van der Waals surface area contributed by atoms with Crippen LogP contribution in [-0.4, -0.2) is 9.55 Å². The van der Waals surface area contributed by atoms with Crippen LogP contribution in [0.15, 0.2) is 45.9 Å². The fourth-order valence-electron chi connectivity index (χ4n) is 1.64. The van der Waals surface area contributed by atoms with E-state index in [1.807, 2.05) is 31.2 Å². The molecule has 0 bridgehead atoms. The van der Waals surface area contributed by atoms with Crippen LogP contribution in [0.5, 0.6) is 0 Å². The molecule has 0 aliphatic carbocycles. The van der Waals surface area contributed by atoms with Gasteiger partial charge in [-0.3, -0.25) is 4.79 Å². The number of nitrogens with one attached hydrogen (secondary N) is 1. The summed E-state index contributed by atoms with van der Waals surface area (Å²) in [6.07, 6.45) is 3.32. The van der Waals surface area contributed by atoms with Crippen molar-refractivity contribution in [2.24, 2.45) is 0 Å². The molecular formula is C13H14BrN3O. The van der Waals surface area contributed by atoms with Crippen molar-refractivity contribution in [3.05, 3.63) is 57.0 Å². The van der Waals surface area contributed by atoms with Crippen molar-refractivity contribution in [3.63, 3.8) is 0 Å². The van der Waals surface area contributed by atoms with Gasteiger partial charge in [0.25, 0.3) is 5.56 Å². The average Bonchev–Trinajstić information content (AvgIpc) is 2.39. The van der Waals surface area contributed by atoms with Gasteiger partial charge >= 0.3 is 0 Å². The number of aryl methyl sites for hydroxylation is 1. The highest BCUT2D eigenvalue weighted by Gasteiger charge is 2.04. The predicted molar refractivity (Wildman–Crippen MR) is 75.6 cm³/mol. The first-order valence-corrected chi connectivity index (χ1v) is 6.54. The van der Waals surface area contributed by atoms with E-state index in [1.165, 1.54) is 0 Å². The molecular weight excluding hydrogens is 294 g/mol. The Hall–Kier alpha value is -1.62. The maximum absolute atomic E-state index is 11.9. The molecule has 1 aromatic heterocycles. The second-order valence-electron chi connectivity index (χ2n) is 3.81. The lowest BCUT2D eigenvalue weighted by molar-refractivity contribution is 0.718. The van der Waals surface area contributed by atoms with Gasteiger partial charge in [-0.2, -0.15) is 0 Å². The number of hydrogen-bond donors (Lipinski definition) is 1. The molecule has 0 saturated carbocycles. The molecule has 0 atom stereocenters. The molecule has 1 aromatic carbocycles. The molecule has 0 fully saturated rings. The number of anilines is 1. The minimum absolute atomic E-state index is 0.0907. The van der Waals surface area contributed by atoms with Crippen LogP contribution in [0.1, 0.15) is 12.5 Å². The number of hydrogen-bond acceptors (Lipinski definition) is 3. The van der Waals surface area contributed by atoms with Crippen molar-refractivity contribution < 1.29 is 0 Å². The number of halogens is 1. The molecule has 1 N–H and O–H groups in total. The van der Waals surface area contributed by atoms with Gasteiger partial charge in [-0.15, -0.1) is 0 Å². The smallest absolute Gasteiger partial charge is 0.293 e. The Morgan fingerprint density at radius 2 is 2.17 bits per heavy atom. The third kappa shape index (κ3) is 2.79. The number of rotatable bonds is 4. The van der Waals surface area contributed by atoms with E-state index < -0.39 is 0 Å². The molecule has 0 spiro atoms. The second kappa shape index (κ2) is 5.82. The van der Waals surface area contributed by atoms with Crippen LogP contribution in [0.4, 0.5) is 5.82 Å². The maximum atomic E-state index is 11.9. The van der Waals surface area contributed by atoms with Crippen LogP contribution in [0.25, 0.3) is 0 Å². The zero-order chi connectivity index (χ0) is 13.0. The lowest BCUT2D eigenvalue weighted by Crippen LogP contribution is -2.23. The summed E-state index contributed by atoms with van der Waals surface area (Å²) >= 11 is 3.47. The summed E-state index contributed by atoms with van der Waals surface area (Å²) in [6.45, 7) is 3.14. The number of aromatic nitrogens is 2. The van der Waals surface area contributed by atoms with Crippen molar-refractivity contribution in [2.45, 2.75) is 20.0 Å². The van der Waals surface area contributed by atoms with Gasteiger partial charge in [-0.1, -0.05) is 34.1 Å². The fraction of sp³-hybridized carbons (Fsp3) is 0.231. The second-order valence-corrected chi connectivity index (χ2v) is 4.67. The topological polar surface area (TPSA) is 46.9 Å². The third-order valence-electron chi connectivity index (χ3n) is 2.66. The lowest BCUT2D eigenvalue weighted by Gasteiger charge is -2.08. The van der Waals surface area contributed by atoms with Crippen LogP contribution in [-0.2, 0) is 13.1 Å². The molecule has 0 saturated heterocycles. The highest BCUT2D eigenvalue weighted by Crippen LogP contribution is 2.16. The van der Waals surface area contributed by atoms with Gasteiger partial charge in [-0.05, 0) is 18.6 Å². The Labute approximate surface area is 114 Å². The van der Waals surface area contributed by atoms with Crippen molar-refractivity contribution in [1.82, 2.24) is 9.55 Å². The normalized spacial score (nSPS) is 10.3. The summed E-state index contributed by atoms with van der Waals surface area (Å²) in [4.78, 5) is 16.0. The molecule has 2 aromatic rings. The van der Waals surface area contributed by atoms with Crippen molar-refractivity contribution in [2.75, 3.05) is 5.32 Å². The molecule has 0 aliphatic rings. The molecule has 5 heteroatoms. The maximum Gasteiger partial charge on any atom is 0.293 e. The molecule has 0 aliphatic heterocycles. The minimum Gasteiger partial charge on any atom is -0.361 e. The summed E-state index contributed by atoms with van der Waals surface area (Å²) < 4.78 is 2.64. The minimum atomic E-state index is -0.0907. The zero-order valence-electron chi connectivity index (χ0n) is 10.1. The predicted octanol–water partition coefficient (Wildman–Crippen LogP) is 2.64. The number of benzene rings is 1. The Balaban J connectivity index is 2.16. The van der Waals surface area contributed by atoms with Gasteiger partial charge in [-0.25, -0.2) is 4.98 Å². The van der Waals surface area contributed by atoms with E-state index in [4.69, 9.17) is 0 Å². The van der Waals surface area contributed by atoms with E-state index in [9.17, 15) is 4.79 Å². The van der Waals surface area contributed by atoms with Crippen molar-refractivity contribution in [1.29, 1.82) is 0 Å². The van der Waals surface area contributed by atoms with Crippen LogP contribution in [0.2, 0.25) is 0 Å². The van der Waals surface area contributed by atoms with E-state index in [1.54, 1.807) is 17.0 Å². The summed E-state index contributed by atoms with van der Waals surface area (Å²) in [7, 11) is 0. The quantitative estimate of drug-likeness (QED) is 0.944. The number of nitrogens with zero attached hydrogens (tertiary/aromatic N) is 2. The van der Waals surface area contributed by atoms with Crippen LogP contribution < -0.4 is 10.9 Å². The lowest BCUT2D eigenvalue weighted by atomic mass is 10.2. The van der Waals surface area contributed by atoms with Gasteiger partial charge in [0.1, 0.15) is 0 Å². The first-order chi connectivity index (χ1) is 8.72. The SMILES string of the molecule is CCn1ccnc(NCc2ccccc2Br)c1=O. The van der Waals surface area contributed by atoms with E-state index in [2.05, 4.69) is 26.2 Å². The zero-order valence-corrected chi connectivity index (χ0v) is 11.6. The van der Waals surface area contributed by atoms with Gasteiger partial charge in [0, 0.05) is 30.0 Å². The Bertz CT molecular complexity index is 595. The van der Waals surface area contributed by atoms with E-state index in [0.717, 1.165) is 10.0 Å². The van der Waals surface area contributed by atoms with E-state index >= 15 is 0 Å². The summed E-state index contributed by atoms with van der Waals surface area (Å²) in [5.74, 6) is 0.384. The monoisotopic (exact) mass is 307 g/mol. The van der Waals surface area contributed by atoms with Crippen LogP contribution in [0.3, 0.4) is 0 Å². The summed E-state index contributed by atoms with van der Waals surface area (Å²) in [6, 6.07) is 7.89.